The molecule has 1 rings (SSSR count). The zero-order valence-electron chi connectivity index (χ0n) is 9.32. The van der Waals surface area contributed by atoms with Crippen molar-refractivity contribution in [2.45, 2.75) is 6.61 Å². The Bertz CT molecular complexity index is 421. The fourth-order valence-corrected chi connectivity index (χ4v) is 1.39. The van der Waals surface area contributed by atoms with Gasteiger partial charge in [-0.15, -0.1) is 0 Å². The normalized spacial score (nSPS) is 9.56. The van der Waals surface area contributed by atoms with Crippen LogP contribution in [0.15, 0.2) is 18.2 Å². The number of nitrogens with zero attached hydrogens (tertiary/aromatic N) is 1. The largest absolute Gasteiger partial charge is 0.496 e. The van der Waals surface area contributed by atoms with Gasteiger partial charge in [-0.05, 0) is 17.7 Å². The molecule has 0 fully saturated rings. The number of hydrogen-bond donors (Lipinski definition) is 0. The molecule has 0 aromatic heterocycles. The average Bonchev–Trinajstić information content (AvgIpc) is 2.30. The highest BCUT2D eigenvalue weighted by Gasteiger charge is 2.15. The summed E-state index contributed by atoms with van der Waals surface area (Å²) in [6.45, 7) is 6.96. The number of ether oxygens (including phenoxy) is 2. The molecule has 1 aromatic rings. The summed E-state index contributed by atoms with van der Waals surface area (Å²) in [6, 6.07) is 5.25. The van der Waals surface area contributed by atoms with Crippen LogP contribution in [0.3, 0.4) is 0 Å². The van der Waals surface area contributed by atoms with E-state index < -0.39 is 0 Å². The van der Waals surface area contributed by atoms with Crippen molar-refractivity contribution in [1.29, 1.82) is 0 Å². The topological polar surface area (TPSA) is 39.9 Å². The maximum atomic E-state index is 11.6. The molecule has 0 aliphatic rings. The van der Waals surface area contributed by atoms with Gasteiger partial charge in [0.2, 0.25) is 5.78 Å². The van der Waals surface area contributed by atoms with Crippen molar-refractivity contribution in [3.05, 3.63) is 40.7 Å². The quantitative estimate of drug-likeness (QED) is 0.561. The molecule has 0 aliphatic carbocycles. The molecule has 0 bridgehead atoms. The molecule has 0 saturated carbocycles. The summed E-state index contributed by atoms with van der Waals surface area (Å²) >= 11 is 0. The zero-order chi connectivity index (χ0) is 12.0. The minimum absolute atomic E-state index is 0.160. The Balaban J connectivity index is 3.07. The Morgan fingerprint density at radius 2 is 2.19 bits per heavy atom. The van der Waals surface area contributed by atoms with Gasteiger partial charge in [0.1, 0.15) is 5.75 Å². The van der Waals surface area contributed by atoms with Crippen LogP contribution in [0.2, 0.25) is 0 Å². The number of methoxy groups -OCH3 is 2. The Morgan fingerprint density at radius 3 is 2.75 bits per heavy atom. The lowest BCUT2D eigenvalue weighted by Crippen LogP contribution is -2.05. The molecule has 0 atom stereocenters. The second-order valence-corrected chi connectivity index (χ2v) is 3.21. The van der Waals surface area contributed by atoms with Gasteiger partial charge in [0, 0.05) is 7.11 Å². The molecule has 0 aliphatic heterocycles. The van der Waals surface area contributed by atoms with Gasteiger partial charge in [-0.25, -0.2) is 6.57 Å². The van der Waals surface area contributed by atoms with Crippen molar-refractivity contribution in [3.63, 3.8) is 0 Å². The monoisotopic (exact) mass is 219 g/mol. The predicted octanol–water partition coefficient (Wildman–Crippen LogP) is 1.94. The second-order valence-electron chi connectivity index (χ2n) is 3.21. The number of carbonyl (C=O) groups excluding carboxylic acids is 1. The minimum atomic E-state index is -0.232. The number of benzene rings is 1. The van der Waals surface area contributed by atoms with Gasteiger partial charge in [-0.2, -0.15) is 0 Å². The van der Waals surface area contributed by atoms with Crippen LogP contribution >= 0.6 is 0 Å². The Hall–Kier alpha value is -1.86. The number of ketones is 1. The number of Topliss-reactive ketones (excluding diaryl/α,β-unsaturated/α-hetero) is 1. The second kappa shape index (κ2) is 5.89. The van der Waals surface area contributed by atoms with Gasteiger partial charge in [-0.3, -0.25) is 4.79 Å². The van der Waals surface area contributed by atoms with Crippen LogP contribution in [0.4, 0.5) is 0 Å². The van der Waals surface area contributed by atoms with Crippen LogP contribution in [0.25, 0.3) is 4.85 Å². The Kier molecular flexibility index (Phi) is 4.49. The van der Waals surface area contributed by atoms with Crippen molar-refractivity contribution in [2.24, 2.45) is 0 Å². The molecule has 0 N–H and O–H groups in total. The molecule has 0 unspecified atom stereocenters. The van der Waals surface area contributed by atoms with Crippen LogP contribution < -0.4 is 4.74 Å². The first kappa shape index (κ1) is 12.2. The van der Waals surface area contributed by atoms with Gasteiger partial charge < -0.3 is 14.3 Å². The molecule has 16 heavy (non-hydrogen) atoms. The lowest BCUT2D eigenvalue weighted by Gasteiger charge is -2.07. The standard InChI is InChI=1S/C12H13NO3/c1-13-7-11(14)10-6-9(8-15-2)4-5-12(10)16-3/h4-6H,7-8H2,2-3H3. The van der Waals surface area contributed by atoms with E-state index in [1.165, 1.54) is 7.11 Å². The summed E-state index contributed by atoms with van der Waals surface area (Å²) in [7, 11) is 3.09. The third-order valence-electron chi connectivity index (χ3n) is 2.10. The van der Waals surface area contributed by atoms with Crippen LogP contribution in [0.1, 0.15) is 15.9 Å². The molecule has 4 heteroatoms. The summed E-state index contributed by atoms with van der Waals surface area (Å²) in [5.41, 5.74) is 1.32. The molecule has 1 aromatic carbocycles. The van der Waals surface area contributed by atoms with Crippen LogP contribution in [-0.2, 0) is 11.3 Å². The summed E-state index contributed by atoms with van der Waals surface area (Å²) in [4.78, 5) is 14.7. The predicted molar refractivity (Wildman–Crippen MR) is 59.5 cm³/mol. The van der Waals surface area contributed by atoms with Gasteiger partial charge in [0.15, 0.2) is 0 Å². The van der Waals surface area contributed by atoms with Crippen LogP contribution in [0.5, 0.6) is 5.75 Å². The van der Waals surface area contributed by atoms with Gasteiger partial charge in [0.05, 0.1) is 19.3 Å². The average molecular weight is 219 g/mol. The minimum Gasteiger partial charge on any atom is -0.496 e. The summed E-state index contributed by atoms with van der Waals surface area (Å²) < 4.78 is 10.1. The maximum absolute atomic E-state index is 11.6. The molecule has 0 saturated heterocycles. The van der Waals surface area contributed by atoms with E-state index in [1.54, 1.807) is 19.2 Å². The summed E-state index contributed by atoms with van der Waals surface area (Å²) in [5.74, 6) is 0.262. The molecule has 84 valence electrons. The highest BCUT2D eigenvalue weighted by molar-refractivity contribution is 6.01. The third-order valence-corrected chi connectivity index (χ3v) is 2.10. The third kappa shape index (κ3) is 2.81. The Labute approximate surface area is 94.6 Å². The molecule has 4 nitrogen and oxygen atoms in total. The zero-order valence-corrected chi connectivity index (χ0v) is 9.32. The SMILES string of the molecule is [C-]#[N+]CC(=O)c1cc(COC)ccc1OC. The molecule has 0 spiro atoms. The Morgan fingerprint density at radius 1 is 1.44 bits per heavy atom. The van der Waals surface area contributed by atoms with Crippen LogP contribution in [0, 0.1) is 6.57 Å². The number of hydrogen-bond acceptors (Lipinski definition) is 3. The fraction of sp³-hybridized carbons (Fsp3) is 0.333. The van der Waals surface area contributed by atoms with E-state index in [9.17, 15) is 4.79 Å². The molecule has 0 amide bonds. The van der Waals surface area contributed by atoms with E-state index in [4.69, 9.17) is 16.0 Å². The van der Waals surface area contributed by atoms with Crippen LogP contribution in [-0.4, -0.2) is 26.5 Å². The van der Waals surface area contributed by atoms with E-state index in [2.05, 4.69) is 4.85 Å². The summed E-state index contributed by atoms with van der Waals surface area (Å²) in [6.07, 6.45) is 0. The van der Waals surface area contributed by atoms with E-state index in [-0.39, 0.29) is 12.3 Å². The van der Waals surface area contributed by atoms with E-state index in [0.717, 1.165) is 5.56 Å². The first-order chi connectivity index (χ1) is 7.72. The highest BCUT2D eigenvalue weighted by Crippen LogP contribution is 2.21. The van der Waals surface area contributed by atoms with Gasteiger partial charge in [-0.1, -0.05) is 6.07 Å². The number of carbonyl (C=O) groups is 1. The molecular weight excluding hydrogens is 206 g/mol. The molecular formula is C12H13NO3. The van der Waals surface area contributed by atoms with Gasteiger partial charge in [0.25, 0.3) is 6.54 Å². The first-order valence-corrected chi connectivity index (χ1v) is 4.75. The lowest BCUT2D eigenvalue weighted by atomic mass is 10.1. The van der Waals surface area contributed by atoms with Crippen molar-refractivity contribution >= 4 is 5.78 Å². The summed E-state index contributed by atoms with van der Waals surface area (Å²) in [5, 5.41) is 0. The maximum Gasteiger partial charge on any atom is 0.276 e. The smallest absolute Gasteiger partial charge is 0.276 e. The number of rotatable bonds is 5. The van der Waals surface area contributed by atoms with E-state index in [0.29, 0.717) is 17.9 Å². The van der Waals surface area contributed by atoms with Crippen molar-refractivity contribution in [2.75, 3.05) is 20.8 Å². The van der Waals surface area contributed by atoms with Crippen molar-refractivity contribution < 1.29 is 14.3 Å². The highest BCUT2D eigenvalue weighted by atomic mass is 16.5. The van der Waals surface area contributed by atoms with Gasteiger partial charge >= 0.3 is 0 Å². The first-order valence-electron chi connectivity index (χ1n) is 4.75. The lowest BCUT2D eigenvalue weighted by molar-refractivity contribution is 0.101. The fourth-order valence-electron chi connectivity index (χ4n) is 1.39. The molecule has 0 heterocycles. The van der Waals surface area contributed by atoms with E-state index in [1.807, 2.05) is 6.07 Å². The van der Waals surface area contributed by atoms with E-state index >= 15 is 0 Å². The molecule has 0 radical (unpaired) electrons. The van der Waals surface area contributed by atoms with Crippen molar-refractivity contribution in [1.82, 2.24) is 0 Å². The van der Waals surface area contributed by atoms with Crippen molar-refractivity contribution in [3.8, 4) is 5.75 Å².